The number of allylic oxidation sites excluding steroid dienone is 1. The first-order valence-electron chi connectivity index (χ1n) is 23.0. The first-order chi connectivity index (χ1) is 27.7. The van der Waals surface area contributed by atoms with E-state index in [1.54, 1.807) is 11.0 Å². The molecule has 4 saturated carbocycles. The number of fused-ring (bicyclic) bond motifs is 1. The molecule has 0 bridgehead atoms. The van der Waals surface area contributed by atoms with Crippen LogP contribution in [-0.2, 0) is 34.2 Å². The zero-order valence-corrected chi connectivity index (χ0v) is 37.9. The molecule has 3 aliphatic heterocycles. The fraction of sp³-hybridized carbons (Fsp3) is 0.848. The molecule has 12 nitrogen and oxygen atoms in total. The van der Waals surface area contributed by atoms with Gasteiger partial charge in [-0.2, -0.15) is 12.7 Å². The number of hydrogen-bond donors (Lipinski definition) is 2. The minimum Gasteiger partial charge on any atom is -0.345 e. The molecule has 13 heteroatoms. The largest absolute Gasteiger partial charge is 0.345 e. The van der Waals surface area contributed by atoms with E-state index >= 15 is 4.79 Å². The van der Waals surface area contributed by atoms with Gasteiger partial charge < -0.3 is 10.2 Å². The standard InChI is InChI=1S/C46H73N5O7S/c1-9-32-26-44(32,41(56)48-59(57,58)49-22-13-14-23-49)28-37(53)35-27-46(43(7,8)45(46)20-16-21-45)29-51(35)40(55)33(42(4,5)6)25-36(52)38(31-17-11-10-12-18-31)47-39(54)34-19-15-24-50(34)30(2)3/h9,30-35,38H,1,10-29H2,2-8H3,(H,47,54)(H,48,56)/t32-,33-,34+,35+,38+,44-,46-/m1/s1. The monoisotopic (exact) mass is 840 g/mol. The zero-order chi connectivity index (χ0) is 42.9. The molecular formula is C46H73N5O7S. The summed E-state index contributed by atoms with van der Waals surface area (Å²) < 4.78 is 30.0. The van der Waals surface area contributed by atoms with Crippen molar-refractivity contribution < 1.29 is 32.4 Å². The Morgan fingerprint density at radius 1 is 0.847 bits per heavy atom. The summed E-state index contributed by atoms with van der Waals surface area (Å²) in [5.41, 5.74) is -2.22. The summed E-state index contributed by atoms with van der Waals surface area (Å²) in [4.78, 5) is 76.9. The first kappa shape index (κ1) is 44.4. The van der Waals surface area contributed by atoms with Crippen LogP contribution in [0.25, 0.3) is 0 Å². The van der Waals surface area contributed by atoms with Crippen LogP contribution in [-0.4, -0.2) is 102 Å². The molecule has 4 aliphatic carbocycles. The molecule has 2 spiro atoms. The van der Waals surface area contributed by atoms with Crippen LogP contribution in [0.3, 0.4) is 0 Å². The van der Waals surface area contributed by atoms with E-state index in [1.165, 1.54) is 4.31 Å². The third-order valence-corrected chi connectivity index (χ3v) is 18.7. The van der Waals surface area contributed by atoms with Gasteiger partial charge in [0.15, 0.2) is 11.6 Å². The summed E-state index contributed by atoms with van der Waals surface area (Å²) in [6, 6.07) is -1.55. The van der Waals surface area contributed by atoms with Gasteiger partial charge in [-0.15, -0.1) is 6.58 Å². The number of rotatable bonds is 15. The van der Waals surface area contributed by atoms with Gasteiger partial charge in [0, 0.05) is 49.9 Å². The molecule has 0 aromatic heterocycles. The molecule has 3 saturated heterocycles. The van der Waals surface area contributed by atoms with Gasteiger partial charge in [-0.3, -0.25) is 28.9 Å². The molecular weight excluding hydrogens is 767 g/mol. The fourth-order valence-corrected chi connectivity index (χ4v) is 14.4. The topological polar surface area (TPSA) is 153 Å². The molecule has 7 aliphatic rings. The summed E-state index contributed by atoms with van der Waals surface area (Å²) in [6.07, 6.45) is 13.4. The molecule has 0 radical (unpaired) electrons. The minimum atomic E-state index is -4.06. The number of nitrogens with zero attached hydrogens (tertiary/aromatic N) is 3. The third-order valence-electron chi connectivity index (χ3n) is 17.2. The van der Waals surface area contributed by atoms with Crippen molar-refractivity contribution in [1.82, 2.24) is 24.1 Å². The number of carbonyl (C=O) groups excluding carboxylic acids is 5. The number of likely N-dealkylation sites (tertiary alicyclic amines) is 2. The van der Waals surface area contributed by atoms with Crippen molar-refractivity contribution >= 4 is 39.5 Å². The molecule has 0 aromatic carbocycles. The Bertz CT molecular complexity index is 1810. The lowest BCUT2D eigenvalue weighted by Gasteiger charge is -2.37. The van der Waals surface area contributed by atoms with Crippen LogP contribution >= 0.6 is 0 Å². The van der Waals surface area contributed by atoms with E-state index in [4.69, 9.17) is 0 Å². The predicted molar refractivity (Wildman–Crippen MR) is 227 cm³/mol. The lowest BCUT2D eigenvalue weighted by molar-refractivity contribution is -0.147. The Kier molecular flexibility index (Phi) is 12.0. The minimum absolute atomic E-state index is 0.00732. The lowest BCUT2D eigenvalue weighted by Crippen LogP contribution is -2.54. The molecule has 3 heterocycles. The highest BCUT2D eigenvalue weighted by atomic mass is 32.2. The number of nitrogens with one attached hydrogen (secondary N) is 2. The summed E-state index contributed by atoms with van der Waals surface area (Å²) in [5, 5.41) is 3.25. The maximum absolute atomic E-state index is 15.4. The van der Waals surface area contributed by atoms with Crippen molar-refractivity contribution in [3.8, 4) is 0 Å². The van der Waals surface area contributed by atoms with Gasteiger partial charge >= 0.3 is 10.2 Å². The average molecular weight is 840 g/mol. The van der Waals surface area contributed by atoms with Crippen molar-refractivity contribution in [3.63, 3.8) is 0 Å². The van der Waals surface area contributed by atoms with Crippen molar-refractivity contribution in [1.29, 1.82) is 0 Å². The van der Waals surface area contributed by atoms with E-state index in [2.05, 4.69) is 49.2 Å². The maximum Gasteiger partial charge on any atom is 0.303 e. The van der Waals surface area contributed by atoms with Crippen LogP contribution < -0.4 is 10.0 Å². The first-order valence-corrected chi connectivity index (χ1v) is 24.5. The van der Waals surface area contributed by atoms with Crippen molar-refractivity contribution in [2.75, 3.05) is 26.2 Å². The average Bonchev–Trinajstić information content (AvgIpc) is 3.59. The van der Waals surface area contributed by atoms with E-state index in [1.807, 2.05) is 20.8 Å². The summed E-state index contributed by atoms with van der Waals surface area (Å²) in [7, 11) is -4.06. The van der Waals surface area contributed by atoms with E-state index in [9.17, 15) is 27.6 Å². The molecule has 0 aromatic rings. The molecule has 0 unspecified atom stereocenters. The molecule has 2 N–H and O–H groups in total. The normalized spacial score (nSPS) is 32.8. The van der Waals surface area contributed by atoms with Gasteiger partial charge in [0.05, 0.1) is 23.5 Å². The number of ketones is 2. The molecule has 7 atom stereocenters. The summed E-state index contributed by atoms with van der Waals surface area (Å²) >= 11 is 0. The van der Waals surface area contributed by atoms with Crippen molar-refractivity contribution in [3.05, 3.63) is 12.7 Å². The van der Waals surface area contributed by atoms with Crippen LogP contribution in [0.2, 0.25) is 0 Å². The van der Waals surface area contributed by atoms with Crippen molar-refractivity contribution in [2.45, 2.75) is 175 Å². The predicted octanol–water partition coefficient (Wildman–Crippen LogP) is 5.95. The molecule has 330 valence electrons. The highest BCUT2D eigenvalue weighted by Crippen LogP contribution is 2.88. The molecule has 59 heavy (non-hydrogen) atoms. The second kappa shape index (κ2) is 15.9. The van der Waals surface area contributed by atoms with Gasteiger partial charge in [-0.05, 0) is 113 Å². The number of hydrogen-bond acceptors (Lipinski definition) is 8. The van der Waals surface area contributed by atoms with Gasteiger partial charge in [0.2, 0.25) is 17.7 Å². The highest BCUT2D eigenvalue weighted by Gasteiger charge is 2.85. The smallest absolute Gasteiger partial charge is 0.303 e. The Morgan fingerprint density at radius 3 is 2.05 bits per heavy atom. The zero-order valence-electron chi connectivity index (χ0n) is 37.1. The SMILES string of the molecule is C=C[C@@H]1C[C@]1(CC(=O)[C@@H]1C[C@@]2(CN1C(=O)[C@@H](CC(=O)[C@@H](NC(=O)[C@@H]1CCCN1C(C)C)C1CCCCC1)C(C)(C)C)C(C)(C)C21CCC1)C(=O)NS(=O)(=O)N1CCCC1. The Hall–Kier alpha value is -2.64. The Balaban J connectivity index is 1.15. The summed E-state index contributed by atoms with van der Waals surface area (Å²) in [6.45, 7) is 20.5. The maximum atomic E-state index is 15.4. The van der Waals surface area contributed by atoms with Gasteiger partial charge in [-0.1, -0.05) is 66.4 Å². The second-order valence-electron chi connectivity index (χ2n) is 21.7. The Morgan fingerprint density at radius 2 is 1.51 bits per heavy atom. The van der Waals surface area contributed by atoms with Crippen LogP contribution in [0.5, 0.6) is 0 Å². The second-order valence-corrected chi connectivity index (χ2v) is 23.4. The fourth-order valence-electron chi connectivity index (χ4n) is 13.1. The summed E-state index contributed by atoms with van der Waals surface area (Å²) in [5.74, 6) is -2.45. The molecule has 7 rings (SSSR count). The number of amides is 3. The van der Waals surface area contributed by atoms with Crippen LogP contribution in [0.15, 0.2) is 12.7 Å². The quantitative estimate of drug-likeness (QED) is 0.192. The van der Waals surface area contributed by atoms with E-state index in [-0.39, 0.29) is 76.4 Å². The van der Waals surface area contributed by atoms with Gasteiger partial charge in [0.25, 0.3) is 0 Å². The van der Waals surface area contributed by atoms with E-state index < -0.39 is 44.9 Å². The van der Waals surface area contributed by atoms with Crippen LogP contribution in [0.1, 0.15) is 151 Å². The number of carbonyl (C=O) groups is 5. The molecule has 7 fully saturated rings. The Labute approximate surface area is 354 Å². The lowest BCUT2D eigenvalue weighted by atomic mass is 9.73. The highest BCUT2D eigenvalue weighted by molar-refractivity contribution is 7.87. The van der Waals surface area contributed by atoms with Gasteiger partial charge in [0.1, 0.15) is 0 Å². The van der Waals surface area contributed by atoms with Gasteiger partial charge in [-0.25, -0.2) is 4.72 Å². The van der Waals surface area contributed by atoms with E-state index in [0.29, 0.717) is 32.5 Å². The van der Waals surface area contributed by atoms with Crippen LogP contribution in [0, 0.1) is 44.8 Å². The number of Topliss-reactive ketones (excluding diaryl/α,β-unsaturated/α-hetero) is 2. The van der Waals surface area contributed by atoms with Crippen molar-refractivity contribution in [2.24, 2.45) is 44.8 Å². The van der Waals surface area contributed by atoms with Crippen LogP contribution in [0.4, 0.5) is 0 Å². The third kappa shape index (κ3) is 7.56. The van der Waals surface area contributed by atoms with E-state index in [0.717, 1.165) is 83.6 Å². The molecule has 3 amide bonds.